The summed E-state index contributed by atoms with van der Waals surface area (Å²) in [5.74, 6) is 1.45. The number of alkyl halides is 2. The highest BCUT2D eigenvalue weighted by atomic mass is 19.3. The maximum absolute atomic E-state index is 12.6. The topological polar surface area (TPSA) is 54.9 Å². The summed E-state index contributed by atoms with van der Waals surface area (Å²) in [5.41, 5.74) is 0.875. The van der Waals surface area contributed by atoms with Crippen LogP contribution in [0.2, 0.25) is 0 Å². The van der Waals surface area contributed by atoms with Gasteiger partial charge in [-0.3, -0.25) is 0 Å². The highest BCUT2D eigenvalue weighted by Crippen LogP contribution is 2.60. The minimum absolute atomic E-state index is 0.178. The maximum atomic E-state index is 12.6. The van der Waals surface area contributed by atoms with E-state index in [0.29, 0.717) is 23.6 Å². The third kappa shape index (κ3) is 3.56. The second-order valence-electron chi connectivity index (χ2n) is 7.99. The normalized spacial score (nSPS) is 28.3. The molecule has 3 fully saturated rings. The average Bonchev–Trinajstić information content (AvgIpc) is 3.33. The lowest BCUT2D eigenvalue weighted by molar-refractivity contribution is -0.125. The lowest BCUT2D eigenvalue weighted by Crippen LogP contribution is -2.69. The molecule has 5 nitrogen and oxygen atoms in total. The first kappa shape index (κ1) is 19.4. The summed E-state index contributed by atoms with van der Waals surface area (Å²) in [5, 5.41) is 6.97. The van der Waals surface area contributed by atoms with E-state index in [-0.39, 0.29) is 17.7 Å². The number of nitrogens with zero attached hydrogens (tertiary/aromatic N) is 1. The molecule has 4 rings (SSSR count). The zero-order valence-electron chi connectivity index (χ0n) is 16.3. The maximum Gasteiger partial charge on any atom is 0.387 e. The molecule has 1 heterocycles. The molecular weight excluding hydrogens is 364 g/mol. The van der Waals surface area contributed by atoms with Crippen molar-refractivity contribution in [3.05, 3.63) is 29.8 Å². The van der Waals surface area contributed by atoms with E-state index in [1.54, 1.807) is 18.2 Å². The number of para-hydroxylation sites is 1. The molecule has 1 spiro atoms. The number of aliphatic imine (C=N–C) groups is 1. The smallest absolute Gasteiger partial charge is 0.387 e. The van der Waals surface area contributed by atoms with Gasteiger partial charge < -0.3 is 20.1 Å². The van der Waals surface area contributed by atoms with Crippen LogP contribution in [0, 0.1) is 11.3 Å². The van der Waals surface area contributed by atoms with Crippen LogP contribution in [0.5, 0.6) is 5.75 Å². The molecule has 3 atom stereocenters. The summed E-state index contributed by atoms with van der Waals surface area (Å²) < 4.78 is 36.0. The van der Waals surface area contributed by atoms with Gasteiger partial charge in [0.05, 0.1) is 12.6 Å². The molecule has 0 amide bonds. The van der Waals surface area contributed by atoms with E-state index in [1.165, 1.54) is 25.7 Å². The monoisotopic (exact) mass is 393 g/mol. The summed E-state index contributed by atoms with van der Waals surface area (Å²) in [7, 11) is 0. The minimum Gasteiger partial charge on any atom is -0.434 e. The van der Waals surface area contributed by atoms with Crippen LogP contribution in [0.25, 0.3) is 0 Å². The van der Waals surface area contributed by atoms with Crippen molar-refractivity contribution in [2.24, 2.45) is 16.3 Å². The zero-order valence-corrected chi connectivity index (χ0v) is 16.3. The fraction of sp³-hybridized carbons (Fsp3) is 0.667. The van der Waals surface area contributed by atoms with Crippen LogP contribution < -0.4 is 15.4 Å². The average molecular weight is 393 g/mol. The van der Waals surface area contributed by atoms with Gasteiger partial charge in [0.1, 0.15) is 5.75 Å². The Bertz CT molecular complexity index is 707. The van der Waals surface area contributed by atoms with E-state index in [4.69, 9.17) is 4.74 Å². The minimum atomic E-state index is -2.84. The van der Waals surface area contributed by atoms with Crippen LogP contribution in [0.15, 0.2) is 29.3 Å². The predicted molar refractivity (Wildman–Crippen MR) is 104 cm³/mol. The molecule has 2 aliphatic carbocycles. The molecule has 154 valence electrons. The molecule has 1 aromatic rings. The van der Waals surface area contributed by atoms with Gasteiger partial charge in [-0.15, -0.1) is 0 Å². The van der Waals surface area contributed by atoms with Gasteiger partial charge in [0, 0.05) is 36.1 Å². The van der Waals surface area contributed by atoms with E-state index in [0.717, 1.165) is 25.5 Å². The number of halogens is 2. The van der Waals surface area contributed by atoms with Crippen molar-refractivity contribution >= 4 is 5.96 Å². The molecule has 7 heteroatoms. The molecule has 0 radical (unpaired) electrons. The Morgan fingerprint density at radius 1 is 1.32 bits per heavy atom. The molecule has 0 bridgehead atoms. The van der Waals surface area contributed by atoms with E-state index < -0.39 is 6.61 Å². The quantitative estimate of drug-likeness (QED) is 0.572. The molecule has 0 aromatic heterocycles. The Kier molecular flexibility index (Phi) is 5.71. The second-order valence-corrected chi connectivity index (χ2v) is 7.99. The third-order valence-corrected chi connectivity index (χ3v) is 6.52. The third-order valence-electron chi connectivity index (χ3n) is 6.52. The number of hydrogen-bond acceptors (Lipinski definition) is 3. The molecule has 3 aliphatic rings. The Balaban J connectivity index is 1.49. The molecule has 28 heavy (non-hydrogen) atoms. The van der Waals surface area contributed by atoms with Gasteiger partial charge in [-0.1, -0.05) is 31.0 Å². The number of ether oxygens (including phenoxy) is 2. The van der Waals surface area contributed by atoms with Crippen molar-refractivity contribution in [1.82, 2.24) is 10.6 Å². The Morgan fingerprint density at radius 3 is 2.86 bits per heavy atom. The lowest BCUT2D eigenvalue weighted by Gasteiger charge is -2.57. The summed E-state index contributed by atoms with van der Waals surface area (Å²) in [6.07, 6.45) is 6.41. The SMILES string of the molecule is CCNC(=NCc1ccccc1OC(F)F)NC1C2CCOC2C12CCCC2. The van der Waals surface area contributed by atoms with E-state index in [9.17, 15) is 8.78 Å². The predicted octanol–water partition coefficient (Wildman–Crippen LogP) is 3.69. The fourth-order valence-corrected chi connectivity index (χ4v) is 5.38. The summed E-state index contributed by atoms with van der Waals surface area (Å²) >= 11 is 0. The molecule has 1 aromatic carbocycles. The number of fused-ring (bicyclic) bond motifs is 2. The number of nitrogens with one attached hydrogen (secondary N) is 2. The first-order valence-corrected chi connectivity index (χ1v) is 10.3. The standard InChI is InChI=1S/C21H29F2N3O2/c1-2-24-20(25-13-14-7-3-4-8-16(14)28-19(22)23)26-17-15-9-12-27-18(15)21(17)10-5-6-11-21/h3-4,7-8,15,17-19H,2,5-6,9-13H2,1H3,(H2,24,25,26). The largest absolute Gasteiger partial charge is 0.434 e. The Labute approximate surface area is 164 Å². The fourth-order valence-electron chi connectivity index (χ4n) is 5.38. The van der Waals surface area contributed by atoms with Crippen molar-refractivity contribution in [1.29, 1.82) is 0 Å². The molecule has 1 aliphatic heterocycles. The van der Waals surface area contributed by atoms with Crippen molar-refractivity contribution in [3.63, 3.8) is 0 Å². The summed E-state index contributed by atoms with van der Waals surface area (Å²) in [4.78, 5) is 4.67. The van der Waals surface area contributed by atoms with Crippen LogP contribution >= 0.6 is 0 Å². The molecule has 3 unspecified atom stereocenters. The number of hydrogen-bond donors (Lipinski definition) is 2. The highest BCUT2D eigenvalue weighted by molar-refractivity contribution is 5.80. The Morgan fingerprint density at radius 2 is 2.11 bits per heavy atom. The van der Waals surface area contributed by atoms with E-state index in [1.807, 2.05) is 13.0 Å². The van der Waals surface area contributed by atoms with Gasteiger partial charge in [-0.25, -0.2) is 4.99 Å². The van der Waals surface area contributed by atoms with Crippen molar-refractivity contribution < 1.29 is 18.3 Å². The van der Waals surface area contributed by atoms with Gasteiger partial charge in [0.2, 0.25) is 0 Å². The zero-order chi connectivity index (χ0) is 19.6. The summed E-state index contributed by atoms with van der Waals surface area (Å²) in [6.45, 7) is 1.06. The van der Waals surface area contributed by atoms with Gasteiger partial charge in [-0.2, -0.15) is 8.78 Å². The number of rotatable bonds is 6. The highest BCUT2D eigenvalue weighted by Gasteiger charge is 2.65. The van der Waals surface area contributed by atoms with Gasteiger partial charge in [0.15, 0.2) is 5.96 Å². The van der Waals surface area contributed by atoms with Crippen LogP contribution in [0.4, 0.5) is 8.78 Å². The van der Waals surface area contributed by atoms with Gasteiger partial charge >= 0.3 is 6.61 Å². The van der Waals surface area contributed by atoms with Crippen LogP contribution in [0.3, 0.4) is 0 Å². The molecular formula is C21H29F2N3O2. The summed E-state index contributed by atoms with van der Waals surface area (Å²) in [6, 6.07) is 7.19. The van der Waals surface area contributed by atoms with Crippen LogP contribution in [-0.2, 0) is 11.3 Å². The van der Waals surface area contributed by atoms with Crippen LogP contribution in [-0.4, -0.2) is 37.9 Å². The molecule has 2 N–H and O–H groups in total. The van der Waals surface area contributed by atoms with E-state index >= 15 is 0 Å². The first-order chi connectivity index (χ1) is 13.6. The molecule has 2 saturated carbocycles. The second kappa shape index (κ2) is 8.23. The lowest BCUT2D eigenvalue weighted by atomic mass is 9.54. The van der Waals surface area contributed by atoms with Crippen molar-refractivity contribution in [2.45, 2.75) is 64.3 Å². The van der Waals surface area contributed by atoms with Crippen LogP contribution in [0.1, 0.15) is 44.6 Å². The van der Waals surface area contributed by atoms with Crippen molar-refractivity contribution in [3.8, 4) is 5.75 Å². The van der Waals surface area contributed by atoms with E-state index in [2.05, 4.69) is 20.4 Å². The Hall–Kier alpha value is -1.89. The molecule has 1 saturated heterocycles. The first-order valence-electron chi connectivity index (χ1n) is 10.3. The van der Waals surface area contributed by atoms with Crippen molar-refractivity contribution in [2.75, 3.05) is 13.2 Å². The number of benzene rings is 1. The number of guanidine groups is 1. The van der Waals surface area contributed by atoms with Gasteiger partial charge in [0.25, 0.3) is 0 Å². The van der Waals surface area contributed by atoms with Gasteiger partial charge in [-0.05, 0) is 32.3 Å².